The second kappa shape index (κ2) is 7.45. The van der Waals surface area contributed by atoms with E-state index in [1.807, 2.05) is 12.1 Å². The summed E-state index contributed by atoms with van der Waals surface area (Å²) in [6.45, 7) is 0.342. The predicted molar refractivity (Wildman–Crippen MR) is 99.9 cm³/mol. The summed E-state index contributed by atoms with van der Waals surface area (Å²) in [4.78, 5) is 11.9. The third kappa shape index (κ3) is 3.96. The minimum Gasteiger partial charge on any atom is -0.289 e. The topological polar surface area (TPSA) is 72.9 Å². The molecule has 0 saturated carbocycles. The lowest BCUT2D eigenvalue weighted by atomic mass is 10.1. The van der Waals surface area contributed by atoms with Crippen LogP contribution < -0.4 is 11.3 Å². The van der Waals surface area contributed by atoms with E-state index in [1.54, 1.807) is 41.1 Å². The van der Waals surface area contributed by atoms with E-state index >= 15 is 0 Å². The van der Waals surface area contributed by atoms with Gasteiger partial charge in [0, 0.05) is 15.1 Å². The highest BCUT2D eigenvalue weighted by Gasteiger charge is 2.16. The van der Waals surface area contributed by atoms with Gasteiger partial charge < -0.3 is 0 Å². The van der Waals surface area contributed by atoms with Crippen molar-refractivity contribution in [3.63, 3.8) is 0 Å². The number of nitrogens with zero attached hydrogens (tertiary/aromatic N) is 2. The van der Waals surface area contributed by atoms with E-state index in [0.29, 0.717) is 21.6 Å². The molecule has 3 N–H and O–H groups in total. The molecule has 0 unspecified atom stereocenters. The monoisotopic (exact) mass is 394 g/mol. The number of hydrogen-bond acceptors (Lipinski definition) is 3. The quantitative estimate of drug-likeness (QED) is 0.396. The number of nitrogen functional groups attached to an aromatic ring is 1. The molecule has 0 aliphatic heterocycles. The Kier molecular flexibility index (Phi) is 5.30. The fraction of sp³-hybridized carbons (Fsp3) is 0.0588. The maximum absolute atomic E-state index is 11.9. The minimum absolute atomic E-state index is 0.200. The molecule has 2 aromatic carbocycles. The number of amides is 1. The van der Waals surface area contributed by atoms with Gasteiger partial charge in [-0.15, -0.1) is 0 Å². The predicted octanol–water partition coefficient (Wildman–Crippen LogP) is 4.16. The lowest BCUT2D eigenvalue weighted by molar-refractivity contribution is 0.0948. The van der Waals surface area contributed by atoms with Gasteiger partial charge in [-0.1, -0.05) is 46.9 Å². The molecule has 1 heterocycles. The highest BCUT2D eigenvalue weighted by Crippen LogP contribution is 2.26. The van der Waals surface area contributed by atoms with Gasteiger partial charge in [0.05, 0.1) is 12.2 Å². The normalized spacial score (nSPS) is 10.7. The molecule has 0 atom stereocenters. The molecule has 1 aromatic heterocycles. The molecule has 0 aliphatic carbocycles. The number of carbonyl (C=O) groups is 1. The number of hydrogen-bond donors (Lipinski definition) is 2. The molecule has 128 valence electrons. The number of halogens is 3. The molecule has 3 aromatic rings. The van der Waals surface area contributed by atoms with Crippen molar-refractivity contribution in [3.8, 4) is 11.3 Å². The summed E-state index contributed by atoms with van der Waals surface area (Å²) < 4.78 is 1.67. The summed E-state index contributed by atoms with van der Waals surface area (Å²) in [5, 5.41) is 6.08. The van der Waals surface area contributed by atoms with Crippen molar-refractivity contribution in [2.45, 2.75) is 6.54 Å². The standard InChI is InChI=1S/C17H13Cl3N4O/c18-12-3-1-10(2-4-12)16-8-15(17(25)22-21)23-24(16)9-11-7-13(19)5-6-14(11)20/h1-8H,9,21H2,(H,22,25). The van der Waals surface area contributed by atoms with E-state index in [1.165, 1.54) is 0 Å². The molecule has 3 rings (SSSR count). The molecule has 1 amide bonds. The van der Waals surface area contributed by atoms with E-state index in [2.05, 4.69) is 10.5 Å². The molecule has 0 bridgehead atoms. The van der Waals surface area contributed by atoms with E-state index in [4.69, 9.17) is 40.6 Å². The number of aromatic nitrogens is 2. The number of nitrogens with one attached hydrogen (secondary N) is 1. The average molecular weight is 396 g/mol. The van der Waals surface area contributed by atoms with Gasteiger partial charge in [0.15, 0.2) is 5.69 Å². The summed E-state index contributed by atoms with van der Waals surface area (Å²) in [5.41, 5.74) is 4.65. The number of hydrazine groups is 1. The van der Waals surface area contributed by atoms with Crippen molar-refractivity contribution in [3.05, 3.63) is 74.9 Å². The van der Waals surface area contributed by atoms with Crippen LogP contribution in [0.4, 0.5) is 0 Å². The molecule has 0 saturated heterocycles. The van der Waals surface area contributed by atoms with Gasteiger partial charge in [0.2, 0.25) is 0 Å². The van der Waals surface area contributed by atoms with Crippen molar-refractivity contribution in [2.24, 2.45) is 5.84 Å². The van der Waals surface area contributed by atoms with Crippen LogP contribution in [0.15, 0.2) is 48.5 Å². The van der Waals surface area contributed by atoms with E-state index < -0.39 is 5.91 Å². The second-order valence-electron chi connectivity index (χ2n) is 5.29. The lowest BCUT2D eigenvalue weighted by Crippen LogP contribution is -2.30. The molecular weight excluding hydrogens is 383 g/mol. The third-order valence-electron chi connectivity index (χ3n) is 3.61. The molecule has 0 radical (unpaired) electrons. The fourth-order valence-corrected chi connectivity index (χ4v) is 2.90. The highest BCUT2D eigenvalue weighted by atomic mass is 35.5. The van der Waals surface area contributed by atoms with Gasteiger partial charge in [0.1, 0.15) is 0 Å². The Morgan fingerprint density at radius 2 is 1.72 bits per heavy atom. The molecular formula is C17H13Cl3N4O. The Morgan fingerprint density at radius 1 is 1.04 bits per heavy atom. The van der Waals surface area contributed by atoms with Crippen LogP contribution in [0.3, 0.4) is 0 Å². The van der Waals surface area contributed by atoms with E-state index in [0.717, 1.165) is 16.8 Å². The van der Waals surface area contributed by atoms with Crippen LogP contribution in [0, 0.1) is 0 Å². The van der Waals surface area contributed by atoms with Crippen LogP contribution in [-0.2, 0) is 6.54 Å². The zero-order valence-electron chi connectivity index (χ0n) is 12.8. The first-order chi connectivity index (χ1) is 12.0. The van der Waals surface area contributed by atoms with Gasteiger partial charge >= 0.3 is 0 Å². The average Bonchev–Trinajstić information content (AvgIpc) is 3.02. The number of nitrogens with two attached hydrogens (primary N) is 1. The first-order valence-corrected chi connectivity index (χ1v) is 8.40. The Labute approximate surface area is 159 Å². The summed E-state index contributed by atoms with van der Waals surface area (Å²) >= 11 is 18.2. The Balaban J connectivity index is 2.07. The van der Waals surface area contributed by atoms with Crippen molar-refractivity contribution in [2.75, 3.05) is 0 Å². The molecule has 0 spiro atoms. The molecule has 0 aliphatic rings. The van der Waals surface area contributed by atoms with Crippen LogP contribution in [0.2, 0.25) is 15.1 Å². The Hall–Kier alpha value is -2.05. The maximum Gasteiger partial charge on any atom is 0.285 e. The van der Waals surface area contributed by atoms with Crippen molar-refractivity contribution in [1.29, 1.82) is 0 Å². The van der Waals surface area contributed by atoms with Crippen LogP contribution in [-0.4, -0.2) is 15.7 Å². The van der Waals surface area contributed by atoms with Crippen molar-refractivity contribution >= 4 is 40.7 Å². The SMILES string of the molecule is NNC(=O)c1cc(-c2ccc(Cl)cc2)n(Cc2cc(Cl)ccc2Cl)n1. The van der Waals surface area contributed by atoms with E-state index in [-0.39, 0.29) is 5.69 Å². The van der Waals surface area contributed by atoms with Gasteiger partial charge in [-0.3, -0.25) is 14.9 Å². The zero-order valence-corrected chi connectivity index (χ0v) is 15.1. The maximum atomic E-state index is 11.9. The largest absolute Gasteiger partial charge is 0.289 e. The van der Waals surface area contributed by atoms with Gasteiger partial charge in [-0.2, -0.15) is 5.10 Å². The first kappa shape index (κ1) is 17.8. The molecule has 5 nitrogen and oxygen atoms in total. The van der Waals surface area contributed by atoms with Gasteiger partial charge in [0.25, 0.3) is 5.91 Å². The molecule has 0 fully saturated rings. The zero-order chi connectivity index (χ0) is 18.0. The fourth-order valence-electron chi connectivity index (χ4n) is 2.40. The third-order valence-corrected chi connectivity index (χ3v) is 4.47. The van der Waals surface area contributed by atoms with Crippen LogP contribution >= 0.6 is 34.8 Å². The van der Waals surface area contributed by atoms with Gasteiger partial charge in [-0.05, 0) is 47.5 Å². The second-order valence-corrected chi connectivity index (χ2v) is 6.57. The van der Waals surface area contributed by atoms with Crippen molar-refractivity contribution < 1.29 is 4.79 Å². The molecule has 8 heteroatoms. The Morgan fingerprint density at radius 3 is 2.40 bits per heavy atom. The highest BCUT2D eigenvalue weighted by molar-refractivity contribution is 6.33. The van der Waals surface area contributed by atoms with Crippen LogP contribution in [0.5, 0.6) is 0 Å². The van der Waals surface area contributed by atoms with Crippen LogP contribution in [0.25, 0.3) is 11.3 Å². The first-order valence-electron chi connectivity index (χ1n) is 7.26. The molecule has 25 heavy (non-hydrogen) atoms. The van der Waals surface area contributed by atoms with Crippen molar-refractivity contribution in [1.82, 2.24) is 15.2 Å². The van der Waals surface area contributed by atoms with Crippen LogP contribution in [0.1, 0.15) is 16.1 Å². The smallest absolute Gasteiger partial charge is 0.285 e. The summed E-state index contributed by atoms with van der Waals surface area (Å²) in [5.74, 6) is 4.73. The van der Waals surface area contributed by atoms with Gasteiger partial charge in [-0.25, -0.2) is 5.84 Å². The number of rotatable bonds is 4. The Bertz CT molecular complexity index is 922. The van der Waals surface area contributed by atoms with E-state index in [9.17, 15) is 4.79 Å². The number of benzene rings is 2. The summed E-state index contributed by atoms with van der Waals surface area (Å²) in [7, 11) is 0. The minimum atomic E-state index is -0.480. The summed E-state index contributed by atoms with van der Waals surface area (Å²) in [6, 6.07) is 14.1. The lowest BCUT2D eigenvalue weighted by Gasteiger charge is -2.10. The number of carbonyl (C=O) groups excluding carboxylic acids is 1. The summed E-state index contributed by atoms with van der Waals surface area (Å²) in [6.07, 6.45) is 0.